The van der Waals surface area contributed by atoms with Crippen LogP contribution < -0.4 is 4.74 Å². The molecule has 0 amide bonds. The summed E-state index contributed by atoms with van der Waals surface area (Å²) in [5, 5.41) is 0.569. The van der Waals surface area contributed by atoms with Gasteiger partial charge in [0.1, 0.15) is 12.4 Å². The van der Waals surface area contributed by atoms with Crippen LogP contribution in [0, 0.1) is 0 Å². The van der Waals surface area contributed by atoms with Gasteiger partial charge in [-0.2, -0.15) is 0 Å². The average Bonchev–Trinajstić information content (AvgIpc) is 2.97. The third kappa shape index (κ3) is 11.1. The molecule has 3 heterocycles. The summed E-state index contributed by atoms with van der Waals surface area (Å²) in [5.74, 6) is 0.668. The van der Waals surface area contributed by atoms with Gasteiger partial charge in [0.2, 0.25) is 0 Å². The maximum atomic E-state index is 6.48. The van der Waals surface area contributed by atoms with Gasteiger partial charge in [0.05, 0.1) is 102 Å². The molecule has 0 unspecified atom stereocenters. The molecule has 9 nitrogen and oxygen atoms in total. The molecule has 10 heteroatoms. The molecule has 0 saturated heterocycles. The van der Waals surface area contributed by atoms with Crippen molar-refractivity contribution in [3.63, 3.8) is 0 Å². The van der Waals surface area contributed by atoms with E-state index in [1.54, 1.807) is 6.08 Å². The van der Waals surface area contributed by atoms with Crippen LogP contribution >= 0.6 is 11.6 Å². The molecule has 1 aromatic carbocycles. The highest BCUT2D eigenvalue weighted by atomic mass is 35.5. The van der Waals surface area contributed by atoms with Gasteiger partial charge in [-0.15, -0.1) is 0 Å². The summed E-state index contributed by atoms with van der Waals surface area (Å²) in [6.45, 7) is 8.97. The highest BCUT2D eigenvalue weighted by Gasteiger charge is 2.14. The number of benzene rings is 1. The second-order valence-corrected chi connectivity index (χ2v) is 9.65. The van der Waals surface area contributed by atoms with Gasteiger partial charge in [-0.05, 0) is 36.4 Å². The summed E-state index contributed by atoms with van der Waals surface area (Å²) in [4.78, 5) is 9.28. The van der Waals surface area contributed by atoms with E-state index in [-0.39, 0.29) is 13.2 Å². The molecule has 0 spiro atoms. The van der Waals surface area contributed by atoms with Gasteiger partial charge >= 0.3 is 0 Å². The SMILES string of the molecule is C=CCOc1c2cc(Cl)cc1COCc1cccc(n1)COCCOCCOCCOCc1cccc(n1)COC2. The fourth-order valence-corrected chi connectivity index (χ4v) is 4.34. The summed E-state index contributed by atoms with van der Waals surface area (Å²) in [6, 6.07) is 15.3. The Kier molecular flexibility index (Phi) is 13.5. The van der Waals surface area contributed by atoms with E-state index in [9.17, 15) is 0 Å². The van der Waals surface area contributed by atoms with E-state index in [0.29, 0.717) is 83.4 Å². The van der Waals surface area contributed by atoms with Crippen molar-refractivity contribution in [3.05, 3.63) is 100 Å². The lowest BCUT2D eigenvalue weighted by molar-refractivity contribution is -0.00686. The van der Waals surface area contributed by atoms with Gasteiger partial charge in [0, 0.05) is 16.1 Å². The molecular formula is C31H37ClN2O7. The Labute approximate surface area is 246 Å². The van der Waals surface area contributed by atoms with Crippen LogP contribution in [0.4, 0.5) is 0 Å². The number of hydrogen-bond donors (Lipinski definition) is 0. The number of hydrogen-bond acceptors (Lipinski definition) is 9. The van der Waals surface area contributed by atoms with Crippen LogP contribution in [-0.4, -0.2) is 56.2 Å². The zero-order valence-electron chi connectivity index (χ0n) is 23.2. The van der Waals surface area contributed by atoms with Gasteiger partial charge < -0.3 is 33.2 Å². The lowest BCUT2D eigenvalue weighted by atomic mass is 10.1. The van der Waals surface area contributed by atoms with Crippen LogP contribution in [-0.2, 0) is 68.1 Å². The summed E-state index contributed by atoms with van der Waals surface area (Å²) in [6.07, 6.45) is 1.70. The smallest absolute Gasteiger partial charge is 0.130 e. The van der Waals surface area contributed by atoms with Crippen LogP contribution in [0.1, 0.15) is 33.9 Å². The Bertz CT molecular complexity index is 1140. The third-order valence-corrected chi connectivity index (χ3v) is 6.13. The second kappa shape index (κ2) is 17.8. The van der Waals surface area contributed by atoms with Crippen LogP contribution in [0.3, 0.4) is 0 Å². The summed E-state index contributed by atoms with van der Waals surface area (Å²) in [7, 11) is 0. The quantitative estimate of drug-likeness (QED) is 0.385. The van der Waals surface area contributed by atoms with E-state index < -0.39 is 0 Å². The number of ether oxygens (including phenoxy) is 7. The van der Waals surface area contributed by atoms with Crippen molar-refractivity contribution < 1.29 is 33.2 Å². The Morgan fingerprint density at radius 1 is 0.634 bits per heavy atom. The van der Waals surface area contributed by atoms with Crippen molar-refractivity contribution in [2.24, 2.45) is 0 Å². The molecule has 0 atom stereocenters. The van der Waals surface area contributed by atoms with Gasteiger partial charge in [-0.1, -0.05) is 36.4 Å². The largest absolute Gasteiger partial charge is 0.489 e. The molecule has 1 aliphatic rings. The number of nitrogens with zero attached hydrogens (tertiary/aromatic N) is 2. The molecule has 0 radical (unpaired) electrons. The van der Waals surface area contributed by atoms with Crippen LogP contribution in [0.2, 0.25) is 5.02 Å². The van der Waals surface area contributed by atoms with Gasteiger partial charge in [-0.3, -0.25) is 9.97 Å². The summed E-state index contributed by atoms with van der Waals surface area (Å²) < 4.78 is 40.6. The number of rotatable bonds is 3. The Balaban J connectivity index is 1.46. The van der Waals surface area contributed by atoms with Gasteiger partial charge in [-0.25, -0.2) is 0 Å². The number of halogens is 1. The van der Waals surface area contributed by atoms with Gasteiger partial charge in [0.25, 0.3) is 0 Å². The molecule has 4 rings (SSSR count). The molecule has 0 N–H and O–H groups in total. The standard InChI is InChI=1S/C31H37ClN2O7/c1-2-9-41-31-24-16-26(32)17-25(31)19-40-23-30-8-4-6-28(34-30)21-38-15-13-36-11-10-35-12-14-37-20-27-5-3-7-29(33-27)22-39-18-24/h2-8,16-17H,1,9-15,18-23H2. The zero-order chi connectivity index (χ0) is 28.5. The minimum Gasteiger partial charge on any atom is -0.489 e. The topological polar surface area (TPSA) is 90.4 Å². The molecule has 220 valence electrons. The molecule has 3 aromatic rings. The van der Waals surface area contributed by atoms with Crippen molar-refractivity contribution in [2.45, 2.75) is 39.6 Å². The second-order valence-electron chi connectivity index (χ2n) is 9.21. The molecule has 6 bridgehead atoms. The number of aromatic nitrogens is 2. The predicted molar refractivity (Wildman–Crippen MR) is 154 cm³/mol. The van der Waals surface area contributed by atoms with Crippen molar-refractivity contribution in [1.29, 1.82) is 0 Å². The van der Waals surface area contributed by atoms with Crippen LogP contribution in [0.15, 0.2) is 61.2 Å². The fourth-order valence-electron chi connectivity index (χ4n) is 4.08. The minimum absolute atomic E-state index is 0.285. The number of pyridine rings is 2. The first-order valence-corrected chi connectivity index (χ1v) is 14.0. The zero-order valence-corrected chi connectivity index (χ0v) is 24.0. The van der Waals surface area contributed by atoms with E-state index in [4.69, 9.17) is 44.8 Å². The Morgan fingerprint density at radius 3 is 1.49 bits per heavy atom. The van der Waals surface area contributed by atoms with Crippen molar-refractivity contribution in [1.82, 2.24) is 9.97 Å². The average molecular weight is 585 g/mol. The number of fused-ring (bicyclic) bond motifs is 6. The maximum absolute atomic E-state index is 6.48. The molecule has 41 heavy (non-hydrogen) atoms. The van der Waals surface area contributed by atoms with E-state index in [1.165, 1.54) is 0 Å². The molecule has 0 saturated carbocycles. The lowest BCUT2D eigenvalue weighted by Gasteiger charge is -2.17. The van der Waals surface area contributed by atoms with Crippen molar-refractivity contribution in [3.8, 4) is 5.75 Å². The van der Waals surface area contributed by atoms with Gasteiger partial charge in [0.15, 0.2) is 0 Å². The van der Waals surface area contributed by atoms with Crippen LogP contribution in [0.25, 0.3) is 0 Å². The van der Waals surface area contributed by atoms with E-state index >= 15 is 0 Å². The first-order valence-electron chi connectivity index (χ1n) is 13.6. The molecule has 1 aliphatic heterocycles. The molecule has 0 fully saturated rings. The maximum Gasteiger partial charge on any atom is 0.130 e. The summed E-state index contributed by atoms with van der Waals surface area (Å²) >= 11 is 6.48. The van der Waals surface area contributed by atoms with E-state index in [0.717, 1.165) is 33.9 Å². The van der Waals surface area contributed by atoms with Crippen molar-refractivity contribution in [2.75, 3.05) is 46.2 Å². The Morgan fingerprint density at radius 2 is 1.05 bits per heavy atom. The van der Waals surface area contributed by atoms with Crippen LogP contribution in [0.5, 0.6) is 5.75 Å². The highest BCUT2D eigenvalue weighted by Crippen LogP contribution is 2.30. The summed E-state index contributed by atoms with van der Waals surface area (Å²) in [5.41, 5.74) is 4.88. The monoisotopic (exact) mass is 584 g/mol. The van der Waals surface area contributed by atoms with E-state index in [1.807, 2.05) is 48.5 Å². The Hall–Kier alpha value is -2.89. The first-order chi connectivity index (χ1) is 20.2. The normalized spacial score (nSPS) is 16.8. The molecule has 2 aromatic heterocycles. The first kappa shape index (κ1) is 31.1. The predicted octanol–water partition coefficient (Wildman–Crippen LogP) is 5.21. The fraction of sp³-hybridized carbons (Fsp3) is 0.419. The third-order valence-electron chi connectivity index (χ3n) is 5.91. The highest BCUT2D eigenvalue weighted by molar-refractivity contribution is 6.30. The molecule has 0 aliphatic carbocycles. The van der Waals surface area contributed by atoms with E-state index in [2.05, 4.69) is 16.5 Å². The van der Waals surface area contributed by atoms with Crippen molar-refractivity contribution >= 4 is 11.6 Å². The molecular weight excluding hydrogens is 548 g/mol. The lowest BCUT2D eigenvalue weighted by Crippen LogP contribution is -2.12. The minimum atomic E-state index is 0.285.